The van der Waals surface area contributed by atoms with Crippen molar-refractivity contribution in [1.29, 1.82) is 0 Å². The van der Waals surface area contributed by atoms with Crippen molar-refractivity contribution in [2.75, 3.05) is 12.0 Å². The first-order valence-electron chi connectivity index (χ1n) is 9.46. The second kappa shape index (κ2) is 7.14. The molecular formula is C22H18N2O4S2. The molecule has 0 unspecified atom stereocenters. The van der Waals surface area contributed by atoms with Crippen LogP contribution in [0.5, 0.6) is 5.75 Å². The van der Waals surface area contributed by atoms with Gasteiger partial charge in [0.25, 0.3) is 0 Å². The second-order valence-corrected chi connectivity index (χ2v) is 9.54. The van der Waals surface area contributed by atoms with E-state index in [0.717, 1.165) is 27.3 Å². The predicted molar refractivity (Wildman–Crippen MR) is 117 cm³/mol. The number of anilines is 1. The van der Waals surface area contributed by atoms with Gasteiger partial charge >= 0.3 is 4.87 Å². The van der Waals surface area contributed by atoms with Gasteiger partial charge in [0, 0.05) is 10.8 Å². The van der Waals surface area contributed by atoms with Crippen molar-refractivity contribution in [2.45, 2.75) is 23.1 Å². The zero-order chi connectivity index (χ0) is 21.0. The largest absolute Gasteiger partial charge is 0.497 e. The Balaban J connectivity index is 1.63. The van der Waals surface area contributed by atoms with Gasteiger partial charge in [-0.15, -0.1) is 0 Å². The number of aryl methyl sites for hydroxylation is 1. The monoisotopic (exact) mass is 438 g/mol. The highest BCUT2D eigenvalue weighted by Crippen LogP contribution is 2.53. The maximum atomic E-state index is 13.5. The first kappa shape index (κ1) is 19.1. The van der Waals surface area contributed by atoms with Crippen molar-refractivity contribution in [1.82, 2.24) is 4.98 Å². The summed E-state index contributed by atoms with van der Waals surface area (Å²) < 4.78 is 5.25. The molecule has 30 heavy (non-hydrogen) atoms. The third kappa shape index (κ3) is 2.90. The van der Waals surface area contributed by atoms with Crippen LogP contribution in [-0.2, 0) is 9.59 Å². The third-order valence-electron chi connectivity index (χ3n) is 5.59. The fraction of sp³-hybridized carbons (Fsp3) is 0.227. The lowest BCUT2D eigenvalue weighted by molar-refractivity contribution is -0.122. The van der Waals surface area contributed by atoms with Crippen LogP contribution in [0.1, 0.15) is 21.9 Å². The fourth-order valence-corrected chi connectivity index (χ4v) is 6.65. The fourth-order valence-electron chi connectivity index (χ4n) is 4.14. The quantitative estimate of drug-likeness (QED) is 0.633. The molecule has 1 aromatic heterocycles. The van der Waals surface area contributed by atoms with Crippen LogP contribution in [0.15, 0.2) is 58.4 Å². The van der Waals surface area contributed by atoms with E-state index in [0.29, 0.717) is 16.5 Å². The summed E-state index contributed by atoms with van der Waals surface area (Å²) in [6.07, 6.45) is 0. The summed E-state index contributed by atoms with van der Waals surface area (Å²) in [4.78, 5) is 43.7. The summed E-state index contributed by atoms with van der Waals surface area (Å²) in [7, 11) is 1.59. The maximum absolute atomic E-state index is 13.5. The number of hydrogen-bond acceptors (Lipinski definition) is 6. The number of carbonyl (C=O) groups excluding carboxylic acids is 2. The van der Waals surface area contributed by atoms with E-state index in [4.69, 9.17) is 4.74 Å². The molecule has 1 N–H and O–H groups in total. The third-order valence-corrected chi connectivity index (χ3v) is 7.99. The molecule has 0 spiro atoms. The number of aromatic amines is 1. The van der Waals surface area contributed by atoms with Crippen LogP contribution < -0.4 is 14.5 Å². The van der Waals surface area contributed by atoms with Gasteiger partial charge in [0.1, 0.15) is 11.0 Å². The van der Waals surface area contributed by atoms with Crippen molar-refractivity contribution in [3.05, 3.63) is 74.2 Å². The number of ether oxygens (including phenoxy) is 1. The molecule has 6 nitrogen and oxygen atoms in total. The van der Waals surface area contributed by atoms with Crippen molar-refractivity contribution in [3.8, 4) is 5.75 Å². The summed E-state index contributed by atoms with van der Waals surface area (Å²) in [6.45, 7) is 1.96. The number of carbonyl (C=O) groups is 2. The molecule has 1 fully saturated rings. The zero-order valence-electron chi connectivity index (χ0n) is 16.2. The molecule has 3 aromatic rings. The number of thioether (sulfide) groups is 1. The smallest absolute Gasteiger partial charge is 0.305 e. The maximum Gasteiger partial charge on any atom is 0.305 e. The lowest BCUT2D eigenvalue weighted by Gasteiger charge is -2.29. The Morgan fingerprint density at radius 1 is 0.967 bits per heavy atom. The summed E-state index contributed by atoms with van der Waals surface area (Å²) in [5.74, 6) is -0.703. The topological polar surface area (TPSA) is 79.5 Å². The Morgan fingerprint density at radius 3 is 2.33 bits per heavy atom. The highest BCUT2D eigenvalue weighted by atomic mass is 32.2. The van der Waals surface area contributed by atoms with Gasteiger partial charge in [-0.1, -0.05) is 52.9 Å². The molecule has 152 valence electrons. The summed E-state index contributed by atoms with van der Waals surface area (Å²) in [6, 6.07) is 14.8. The number of methoxy groups -OCH3 is 1. The zero-order valence-corrected chi connectivity index (χ0v) is 17.9. The van der Waals surface area contributed by atoms with Crippen molar-refractivity contribution in [3.63, 3.8) is 0 Å². The van der Waals surface area contributed by atoms with Crippen LogP contribution in [-0.4, -0.2) is 29.2 Å². The lowest BCUT2D eigenvalue weighted by Crippen LogP contribution is -2.32. The average Bonchev–Trinajstić information content (AvgIpc) is 3.24. The second-order valence-electron chi connectivity index (χ2n) is 7.37. The average molecular weight is 439 g/mol. The van der Waals surface area contributed by atoms with E-state index in [-0.39, 0.29) is 22.6 Å². The molecule has 0 saturated carbocycles. The van der Waals surface area contributed by atoms with Gasteiger partial charge in [-0.25, -0.2) is 4.90 Å². The number of nitrogens with zero attached hydrogens (tertiary/aromatic N) is 1. The molecule has 2 aromatic carbocycles. The van der Waals surface area contributed by atoms with Crippen LogP contribution in [0, 0.1) is 12.8 Å². The number of fused-ring (bicyclic) bond motifs is 2. The Labute approximate surface area is 180 Å². The highest BCUT2D eigenvalue weighted by Gasteiger charge is 2.56. The predicted octanol–water partition coefficient (Wildman–Crippen LogP) is 3.55. The van der Waals surface area contributed by atoms with Crippen LogP contribution >= 0.6 is 23.1 Å². The van der Waals surface area contributed by atoms with Gasteiger partial charge < -0.3 is 9.72 Å². The van der Waals surface area contributed by atoms with E-state index >= 15 is 0 Å². The Bertz CT molecular complexity index is 1200. The summed E-state index contributed by atoms with van der Waals surface area (Å²) >= 11 is 2.40. The molecule has 3 atom stereocenters. The Morgan fingerprint density at radius 2 is 1.67 bits per heavy atom. The number of nitrogens with one attached hydrogen (secondary N) is 1. The number of imide groups is 1. The van der Waals surface area contributed by atoms with Crippen LogP contribution in [0.4, 0.5) is 5.69 Å². The van der Waals surface area contributed by atoms with Gasteiger partial charge in [0.2, 0.25) is 11.8 Å². The SMILES string of the molecule is COc1ccc([C@H]2c3sc(=O)[nH]c3S[C@H]3C(=O)N(c4ccc(C)cc4)C(=O)[C@H]23)cc1. The minimum Gasteiger partial charge on any atom is -0.497 e. The van der Waals surface area contributed by atoms with E-state index in [1.54, 1.807) is 19.2 Å². The number of benzene rings is 2. The van der Waals surface area contributed by atoms with E-state index in [1.807, 2.05) is 43.3 Å². The van der Waals surface area contributed by atoms with Gasteiger partial charge in [-0.2, -0.15) is 0 Å². The Kier molecular flexibility index (Phi) is 4.56. The summed E-state index contributed by atoms with van der Waals surface area (Å²) in [5, 5.41) is 0.0997. The molecule has 2 aliphatic rings. The van der Waals surface area contributed by atoms with Crippen molar-refractivity contribution >= 4 is 40.6 Å². The molecule has 0 radical (unpaired) electrons. The molecule has 2 amide bonds. The molecule has 3 heterocycles. The molecule has 0 bridgehead atoms. The minimum atomic E-state index is -0.580. The highest BCUT2D eigenvalue weighted by molar-refractivity contribution is 8.00. The first-order chi connectivity index (χ1) is 14.5. The molecule has 1 saturated heterocycles. The molecule has 5 rings (SSSR count). The number of thiazole rings is 1. The van der Waals surface area contributed by atoms with Crippen molar-refractivity contribution < 1.29 is 14.3 Å². The number of H-pyrrole nitrogens is 1. The minimum absolute atomic E-state index is 0.179. The molecule has 2 aliphatic heterocycles. The van der Waals surface area contributed by atoms with E-state index in [1.165, 1.54) is 16.7 Å². The first-order valence-corrected chi connectivity index (χ1v) is 11.2. The summed E-state index contributed by atoms with van der Waals surface area (Å²) in [5.41, 5.74) is 2.52. The molecule has 8 heteroatoms. The standard InChI is InChI=1S/C22H18N2O4S2/c1-11-3-7-13(8-4-11)24-20(25)16-15(12-5-9-14(28-2)10-6-12)17-19(23-22(27)30-17)29-18(16)21(24)26/h3-10,15-16,18H,1-2H3,(H,23,27)/t15-,16-,18-/m1/s1. The number of aromatic nitrogens is 1. The van der Waals surface area contributed by atoms with E-state index in [2.05, 4.69) is 4.98 Å². The van der Waals surface area contributed by atoms with Gasteiger partial charge in [0.15, 0.2) is 0 Å². The van der Waals surface area contributed by atoms with E-state index < -0.39 is 11.2 Å². The van der Waals surface area contributed by atoms with Crippen LogP contribution in [0.2, 0.25) is 0 Å². The number of hydrogen-bond donors (Lipinski definition) is 1. The van der Waals surface area contributed by atoms with Gasteiger partial charge in [-0.05, 0) is 36.8 Å². The van der Waals surface area contributed by atoms with Crippen LogP contribution in [0.25, 0.3) is 0 Å². The lowest BCUT2D eigenvalue weighted by atomic mass is 9.83. The number of amides is 2. The number of rotatable bonds is 3. The molecular weight excluding hydrogens is 420 g/mol. The van der Waals surface area contributed by atoms with E-state index in [9.17, 15) is 14.4 Å². The van der Waals surface area contributed by atoms with Gasteiger partial charge in [0.05, 0.1) is 23.7 Å². The molecule has 0 aliphatic carbocycles. The van der Waals surface area contributed by atoms with Crippen LogP contribution in [0.3, 0.4) is 0 Å². The van der Waals surface area contributed by atoms with Crippen molar-refractivity contribution in [2.24, 2.45) is 5.92 Å². The van der Waals surface area contributed by atoms with Gasteiger partial charge in [-0.3, -0.25) is 14.4 Å². The Hall–Kier alpha value is -2.84. The normalized spacial score (nSPS) is 22.7.